The Kier molecular flexibility index (Phi) is 2.87. The molecule has 4 N–H and O–H groups in total. The van der Waals surface area contributed by atoms with Gasteiger partial charge in [-0.15, -0.1) is 0 Å². The summed E-state index contributed by atoms with van der Waals surface area (Å²) in [6.45, 7) is 0. The second-order valence-corrected chi connectivity index (χ2v) is 3.46. The van der Waals surface area contributed by atoms with Crippen molar-refractivity contribution in [3.05, 3.63) is 0 Å². The predicted octanol–water partition coefficient (Wildman–Crippen LogP) is -0.101. The molecule has 0 unspecified atom stereocenters. The largest absolute Gasteiger partial charge is 0.481 e. The number of nitrogens with two attached hydrogens (primary N) is 1. The molecular weight excluding hydrogens is 174 g/mol. The summed E-state index contributed by atoms with van der Waals surface area (Å²) in [4.78, 5) is 21.1. The van der Waals surface area contributed by atoms with Crippen LogP contribution in [0.3, 0.4) is 0 Å². The summed E-state index contributed by atoms with van der Waals surface area (Å²) in [7, 11) is 0. The van der Waals surface area contributed by atoms with Crippen LogP contribution in [-0.4, -0.2) is 28.2 Å². The van der Waals surface area contributed by atoms with Gasteiger partial charge in [0.25, 0.3) is 0 Å². The van der Waals surface area contributed by atoms with Crippen LogP contribution in [0.5, 0.6) is 0 Å². The van der Waals surface area contributed by atoms with Crippen LogP contribution in [0.2, 0.25) is 0 Å². The smallest absolute Gasteiger partial charge is 0.308 e. The minimum Gasteiger partial charge on any atom is -0.481 e. The molecule has 13 heavy (non-hydrogen) atoms. The van der Waals surface area contributed by atoms with Crippen LogP contribution < -0.4 is 5.73 Å². The Labute approximate surface area is 75.5 Å². The van der Waals surface area contributed by atoms with Gasteiger partial charge in [0, 0.05) is 12.5 Å². The first-order valence-corrected chi connectivity index (χ1v) is 4.22. The minimum atomic E-state index is -0.976. The second kappa shape index (κ2) is 3.74. The van der Waals surface area contributed by atoms with E-state index in [1.54, 1.807) is 0 Å². The predicted molar refractivity (Wildman–Crippen MR) is 44.1 cm³/mol. The fourth-order valence-corrected chi connectivity index (χ4v) is 1.95. The molecule has 0 heterocycles. The third kappa shape index (κ3) is 2.18. The Bertz CT molecular complexity index is 228. The maximum absolute atomic E-state index is 10.7. The zero-order valence-corrected chi connectivity index (χ0v) is 7.14. The van der Waals surface area contributed by atoms with E-state index in [1.807, 2.05) is 0 Å². The van der Waals surface area contributed by atoms with Crippen molar-refractivity contribution in [1.82, 2.24) is 0 Å². The van der Waals surface area contributed by atoms with Crippen LogP contribution in [0.4, 0.5) is 0 Å². The minimum absolute atomic E-state index is 0.0926. The monoisotopic (exact) mass is 187 g/mol. The van der Waals surface area contributed by atoms with E-state index in [0.29, 0.717) is 12.8 Å². The maximum atomic E-state index is 10.7. The van der Waals surface area contributed by atoms with Crippen LogP contribution in [0, 0.1) is 11.8 Å². The van der Waals surface area contributed by atoms with Crippen molar-refractivity contribution in [2.45, 2.75) is 25.3 Å². The first kappa shape index (κ1) is 9.98. The molecule has 5 heteroatoms. The molecule has 0 aromatic heterocycles. The molecule has 0 amide bonds. The summed E-state index contributed by atoms with van der Waals surface area (Å²) in [6, 6.07) is -0.387. The van der Waals surface area contributed by atoms with Crippen LogP contribution in [0.25, 0.3) is 0 Å². The van der Waals surface area contributed by atoms with Gasteiger partial charge in [-0.3, -0.25) is 9.59 Å². The zero-order valence-electron chi connectivity index (χ0n) is 7.14. The van der Waals surface area contributed by atoms with E-state index >= 15 is 0 Å². The molecule has 1 rings (SSSR count). The molecule has 0 aromatic carbocycles. The number of carbonyl (C=O) groups is 2. The number of hydrogen-bond donors (Lipinski definition) is 3. The third-order valence-electron chi connectivity index (χ3n) is 2.56. The summed E-state index contributed by atoms with van der Waals surface area (Å²) >= 11 is 0. The summed E-state index contributed by atoms with van der Waals surface area (Å²) in [5.41, 5.74) is 5.57. The molecule has 1 aliphatic carbocycles. The molecule has 1 saturated carbocycles. The van der Waals surface area contributed by atoms with Gasteiger partial charge in [-0.2, -0.15) is 0 Å². The van der Waals surface area contributed by atoms with Gasteiger partial charge >= 0.3 is 11.9 Å². The van der Waals surface area contributed by atoms with Crippen molar-refractivity contribution in [3.8, 4) is 0 Å². The summed E-state index contributed by atoms with van der Waals surface area (Å²) in [6.07, 6.45) is 1.12. The zero-order chi connectivity index (χ0) is 10.0. The van der Waals surface area contributed by atoms with Gasteiger partial charge in [-0.25, -0.2) is 0 Å². The molecule has 1 fully saturated rings. The molecular formula is C8H13NO4. The standard InChI is InChI=1S/C8H13NO4/c9-5-2-1-4(3-6(10)11)7(5)8(12)13/h4-5,7H,1-3,9H2,(H,10,11)(H,12,13)/t4-,5+,7-/m0/s1. The lowest BCUT2D eigenvalue weighted by atomic mass is 9.91. The van der Waals surface area contributed by atoms with Crippen molar-refractivity contribution >= 4 is 11.9 Å². The van der Waals surface area contributed by atoms with Gasteiger partial charge in [-0.1, -0.05) is 0 Å². The molecule has 0 radical (unpaired) electrons. The molecule has 0 bridgehead atoms. The van der Waals surface area contributed by atoms with Gasteiger partial charge < -0.3 is 15.9 Å². The van der Waals surface area contributed by atoms with Crippen molar-refractivity contribution < 1.29 is 19.8 Å². The van der Waals surface area contributed by atoms with Crippen molar-refractivity contribution in [2.24, 2.45) is 17.6 Å². The average molecular weight is 187 g/mol. The third-order valence-corrected chi connectivity index (χ3v) is 2.56. The molecule has 74 valence electrons. The highest BCUT2D eigenvalue weighted by Gasteiger charge is 2.39. The van der Waals surface area contributed by atoms with Gasteiger partial charge in [0.05, 0.1) is 5.92 Å². The Hall–Kier alpha value is -1.10. The van der Waals surface area contributed by atoms with Gasteiger partial charge in [0.1, 0.15) is 0 Å². The average Bonchev–Trinajstić information content (AvgIpc) is 2.30. The molecule has 0 saturated heterocycles. The van der Waals surface area contributed by atoms with Crippen LogP contribution in [0.1, 0.15) is 19.3 Å². The van der Waals surface area contributed by atoms with E-state index in [-0.39, 0.29) is 18.4 Å². The first-order valence-electron chi connectivity index (χ1n) is 4.22. The maximum Gasteiger partial charge on any atom is 0.308 e. The van der Waals surface area contributed by atoms with Crippen LogP contribution in [0.15, 0.2) is 0 Å². The fraction of sp³-hybridized carbons (Fsp3) is 0.750. The lowest BCUT2D eigenvalue weighted by Gasteiger charge is -2.16. The Balaban J connectivity index is 2.64. The van der Waals surface area contributed by atoms with Gasteiger partial charge in [-0.05, 0) is 18.8 Å². The molecule has 0 aliphatic heterocycles. The molecule has 0 spiro atoms. The van der Waals surface area contributed by atoms with Crippen LogP contribution >= 0.6 is 0 Å². The van der Waals surface area contributed by atoms with E-state index < -0.39 is 17.9 Å². The summed E-state index contributed by atoms with van der Waals surface area (Å²) < 4.78 is 0. The quantitative estimate of drug-likeness (QED) is 0.572. The van der Waals surface area contributed by atoms with Gasteiger partial charge in [0.2, 0.25) is 0 Å². The number of hydrogen-bond acceptors (Lipinski definition) is 3. The Morgan fingerprint density at radius 3 is 2.38 bits per heavy atom. The van der Waals surface area contributed by atoms with E-state index in [0.717, 1.165) is 0 Å². The topological polar surface area (TPSA) is 101 Å². The molecule has 1 aliphatic rings. The Morgan fingerprint density at radius 1 is 1.31 bits per heavy atom. The van der Waals surface area contributed by atoms with Crippen molar-refractivity contribution in [2.75, 3.05) is 0 Å². The highest BCUT2D eigenvalue weighted by Crippen LogP contribution is 2.33. The summed E-state index contributed by atoms with van der Waals surface area (Å²) in [5.74, 6) is -2.91. The molecule has 5 nitrogen and oxygen atoms in total. The normalized spacial score (nSPS) is 33.2. The van der Waals surface area contributed by atoms with E-state index in [2.05, 4.69) is 0 Å². The van der Waals surface area contributed by atoms with E-state index in [4.69, 9.17) is 15.9 Å². The Morgan fingerprint density at radius 2 is 1.92 bits per heavy atom. The lowest BCUT2D eigenvalue weighted by molar-refractivity contribution is -0.144. The highest BCUT2D eigenvalue weighted by atomic mass is 16.4. The van der Waals surface area contributed by atoms with Crippen LogP contribution in [-0.2, 0) is 9.59 Å². The second-order valence-electron chi connectivity index (χ2n) is 3.46. The van der Waals surface area contributed by atoms with Crippen molar-refractivity contribution in [1.29, 1.82) is 0 Å². The van der Waals surface area contributed by atoms with Gasteiger partial charge in [0.15, 0.2) is 0 Å². The SMILES string of the molecule is N[C@@H]1CC[C@@H](CC(=O)O)[C@@H]1C(=O)O. The van der Waals surface area contributed by atoms with Crippen molar-refractivity contribution in [3.63, 3.8) is 0 Å². The van der Waals surface area contributed by atoms with E-state index in [9.17, 15) is 9.59 Å². The molecule has 3 atom stereocenters. The lowest BCUT2D eigenvalue weighted by Crippen LogP contribution is -2.34. The highest BCUT2D eigenvalue weighted by molar-refractivity contribution is 5.74. The number of carboxylic acids is 2. The molecule has 0 aromatic rings. The number of carboxylic acid groups (broad SMARTS) is 2. The summed E-state index contributed by atoms with van der Waals surface area (Å²) in [5, 5.41) is 17.3. The fourth-order valence-electron chi connectivity index (χ4n) is 1.95. The first-order chi connectivity index (χ1) is 6.02. The van der Waals surface area contributed by atoms with E-state index in [1.165, 1.54) is 0 Å². The number of aliphatic carboxylic acids is 2. The number of rotatable bonds is 3.